The minimum atomic E-state index is -0.752. The second-order valence-electron chi connectivity index (χ2n) is 4.12. The van der Waals surface area contributed by atoms with E-state index in [0.717, 1.165) is 4.90 Å². The molecule has 0 aromatic heterocycles. The van der Waals surface area contributed by atoms with Crippen LogP contribution in [-0.2, 0) is 9.59 Å². The Kier molecular flexibility index (Phi) is 3.78. The number of halogens is 2. The average molecular weight is 301 g/mol. The number of amides is 3. The first-order valence-electron chi connectivity index (χ1n) is 5.50. The molecule has 0 radical (unpaired) electrons. The second-order valence-corrected chi connectivity index (χ2v) is 4.93. The normalized spacial score (nSPS) is 19.3. The van der Waals surface area contributed by atoms with Crippen LogP contribution in [0.25, 0.3) is 0 Å². The van der Waals surface area contributed by atoms with Gasteiger partial charge in [0.05, 0.1) is 15.6 Å². The van der Waals surface area contributed by atoms with Crippen LogP contribution in [0.1, 0.15) is 17.3 Å². The minimum Gasteiger partial charge on any atom is -0.317 e. The van der Waals surface area contributed by atoms with Crippen molar-refractivity contribution in [3.05, 3.63) is 33.8 Å². The molecule has 1 heterocycles. The van der Waals surface area contributed by atoms with E-state index < -0.39 is 23.8 Å². The molecule has 1 aliphatic heterocycles. The van der Waals surface area contributed by atoms with Gasteiger partial charge in [0.25, 0.3) is 5.91 Å². The van der Waals surface area contributed by atoms with E-state index in [2.05, 4.69) is 5.32 Å². The Bertz CT molecular complexity index is 554. The summed E-state index contributed by atoms with van der Waals surface area (Å²) < 4.78 is 0. The molecule has 1 fully saturated rings. The van der Waals surface area contributed by atoms with Crippen molar-refractivity contribution < 1.29 is 14.4 Å². The summed E-state index contributed by atoms with van der Waals surface area (Å²) in [7, 11) is 0. The molecule has 5 nitrogen and oxygen atoms in total. The van der Waals surface area contributed by atoms with Gasteiger partial charge in [0.1, 0.15) is 12.6 Å². The predicted molar refractivity (Wildman–Crippen MR) is 70.1 cm³/mol. The molecule has 7 heteroatoms. The van der Waals surface area contributed by atoms with Gasteiger partial charge < -0.3 is 4.90 Å². The van der Waals surface area contributed by atoms with Gasteiger partial charge in [-0.15, -0.1) is 0 Å². The highest BCUT2D eigenvalue weighted by Crippen LogP contribution is 2.26. The number of imide groups is 1. The molecule has 19 heavy (non-hydrogen) atoms. The van der Waals surface area contributed by atoms with Gasteiger partial charge in [0.15, 0.2) is 0 Å². The fourth-order valence-corrected chi connectivity index (χ4v) is 2.37. The summed E-state index contributed by atoms with van der Waals surface area (Å²) in [6.45, 7) is 1.33. The van der Waals surface area contributed by atoms with Crippen molar-refractivity contribution in [1.29, 1.82) is 0 Å². The Morgan fingerprint density at radius 1 is 1.32 bits per heavy atom. The fourth-order valence-electron chi connectivity index (χ4n) is 1.81. The summed E-state index contributed by atoms with van der Waals surface area (Å²) in [6.07, 6.45) is 0. The summed E-state index contributed by atoms with van der Waals surface area (Å²) >= 11 is 11.9. The molecule has 1 aromatic rings. The van der Waals surface area contributed by atoms with Gasteiger partial charge in [-0.25, -0.2) is 0 Å². The van der Waals surface area contributed by atoms with Crippen LogP contribution in [0.5, 0.6) is 0 Å². The third-order valence-corrected chi connectivity index (χ3v) is 3.49. The van der Waals surface area contributed by atoms with Gasteiger partial charge >= 0.3 is 0 Å². The molecule has 1 unspecified atom stereocenters. The van der Waals surface area contributed by atoms with Crippen LogP contribution in [0.3, 0.4) is 0 Å². The Labute approximate surface area is 119 Å². The zero-order valence-electron chi connectivity index (χ0n) is 9.94. The second kappa shape index (κ2) is 5.19. The summed E-state index contributed by atoms with van der Waals surface area (Å²) in [6, 6.07) is 3.91. The van der Waals surface area contributed by atoms with E-state index >= 15 is 0 Å². The lowest BCUT2D eigenvalue weighted by molar-refractivity contribution is -0.138. The third kappa shape index (κ3) is 2.57. The maximum Gasteiger partial charge on any atom is 0.258 e. The van der Waals surface area contributed by atoms with E-state index in [1.54, 1.807) is 6.07 Å². The zero-order valence-corrected chi connectivity index (χ0v) is 11.5. The number of nitrogens with zero attached hydrogens (tertiary/aromatic N) is 1. The van der Waals surface area contributed by atoms with Crippen LogP contribution in [0.2, 0.25) is 10.0 Å². The SMILES string of the molecule is CC1C(=O)NC(=O)CN1C(=O)c1c(Cl)cccc1Cl. The maximum absolute atomic E-state index is 12.4. The van der Waals surface area contributed by atoms with E-state index in [-0.39, 0.29) is 22.2 Å². The van der Waals surface area contributed by atoms with Crippen molar-refractivity contribution >= 4 is 40.9 Å². The molecule has 3 amide bonds. The molecule has 1 saturated heterocycles. The van der Waals surface area contributed by atoms with Gasteiger partial charge in [-0.05, 0) is 19.1 Å². The standard InChI is InChI=1S/C12H10Cl2N2O3/c1-6-11(18)15-9(17)5-16(6)12(19)10-7(13)3-2-4-8(10)14/h2-4,6H,5H2,1H3,(H,15,17,18). The fraction of sp³-hybridized carbons (Fsp3) is 0.250. The summed E-state index contributed by atoms with van der Waals surface area (Å²) in [4.78, 5) is 36.4. The highest BCUT2D eigenvalue weighted by atomic mass is 35.5. The third-order valence-electron chi connectivity index (χ3n) is 2.86. The molecule has 0 bridgehead atoms. The maximum atomic E-state index is 12.4. The first-order chi connectivity index (χ1) is 8.91. The summed E-state index contributed by atoms with van der Waals surface area (Å²) in [5.74, 6) is -1.58. The molecule has 100 valence electrons. The van der Waals surface area contributed by atoms with Crippen LogP contribution in [-0.4, -0.2) is 35.2 Å². The van der Waals surface area contributed by atoms with Crippen molar-refractivity contribution in [2.24, 2.45) is 0 Å². The van der Waals surface area contributed by atoms with Crippen molar-refractivity contribution in [3.63, 3.8) is 0 Å². The first kappa shape index (κ1) is 13.8. The number of hydrogen-bond acceptors (Lipinski definition) is 3. The topological polar surface area (TPSA) is 66.5 Å². The molecule has 1 aromatic carbocycles. The van der Waals surface area contributed by atoms with E-state index in [1.807, 2.05) is 0 Å². The minimum absolute atomic E-state index is 0.0974. The van der Waals surface area contributed by atoms with Gasteiger partial charge in [-0.3, -0.25) is 19.7 Å². The van der Waals surface area contributed by atoms with Crippen molar-refractivity contribution in [2.75, 3.05) is 6.54 Å². The Morgan fingerprint density at radius 2 is 1.89 bits per heavy atom. The molecule has 0 saturated carbocycles. The van der Waals surface area contributed by atoms with Crippen LogP contribution in [0, 0.1) is 0 Å². The van der Waals surface area contributed by atoms with E-state index in [1.165, 1.54) is 19.1 Å². The summed E-state index contributed by atoms with van der Waals surface area (Å²) in [5, 5.41) is 2.52. The molecule has 1 N–H and O–H groups in total. The first-order valence-corrected chi connectivity index (χ1v) is 6.26. The van der Waals surface area contributed by atoms with Crippen molar-refractivity contribution in [3.8, 4) is 0 Å². The molecule has 0 spiro atoms. The molecule has 2 rings (SSSR count). The van der Waals surface area contributed by atoms with Crippen LogP contribution in [0.15, 0.2) is 18.2 Å². The van der Waals surface area contributed by atoms with E-state index in [0.29, 0.717) is 0 Å². The Balaban J connectivity index is 2.38. The van der Waals surface area contributed by atoms with Crippen molar-refractivity contribution in [2.45, 2.75) is 13.0 Å². The predicted octanol–water partition coefficient (Wildman–Crippen LogP) is 1.48. The number of carbonyl (C=O) groups excluding carboxylic acids is 3. The highest BCUT2D eigenvalue weighted by molar-refractivity contribution is 6.39. The molecular weight excluding hydrogens is 291 g/mol. The highest BCUT2D eigenvalue weighted by Gasteiger charge is 2.35. The lowest BCUT2D eigenvalue weighted by Crippen LogP contribution is -2.58. The number of rotatable bonds is 1. The summed E-state index contributed by atoms with van der Waals surface area (Å²) in [5.41, 5.74) is 0.0974. The number of hydrogen-bond donors (Lipinski definition) is 1. The van der Waals surface area contributed by atoms with Gasteiger partial charge in [0.2, 0.25) is 11.8 Å². The molecule has 1 atom stereocenters. The quantitative estimate of drug-likeness (QED) is 0.799. The monoisotopic (exact) mass is 300 g/mol. The Morgan fingerprint density at radius 3 is 2.47 bits per heavy atom. The lowest BCUT2D eigenvalue weighted by atomic mass is 10.1. The van der Waals surface area contributed by atoms with Gasteiger partial charge in [-0.2, -0.15) is 0 Å². The van der Waals surface area contributed by atoms with Crippen molar-refractivity contribution in [1.82, 2.24) is 10.2 Å². The zero-order chi connectivity index (χ0) is 14.2. The smallest absolute Gasteiger partial charge is 0.258 e. The van der Waals surface area contributed by atoms with E-state index in [9.17, 15) is 14.4 Å². The Hall–Kier alpha value is -1.59. The van der Waals surface area contributed by atoms with Gasteiger partial charge in [-0.1, -0.05) is 29.3 Å². The lowest BCUT2D eigenvalue weighted by Gasteiger charge is -2.32. The largest absolute Gasteiger partial charge is 0.317 e. The number of piperazine rings is 1. The van der Waals surface area contributed by atoms with E-state index in [4.69, 9.17) is 23.2 Å². The van der Waals surface area contributed by atoms with Crippen LogP contribution >= 0.6 is 23.2 Å². The molecule has 0 aliphatic carbocycles. The molecule has 1 aliphatic rings. The molecular formula is C12H10Cl2N2O3. The number of nitrogens with one attached hydrogen (secondary N) is 1. The average Bonchev–Trinajstić information content (AvgIpc) is 2.33. The number of carbonyl (C=O) groups is 3. The van der Waals surface area contributed by atoms with Crippen LogP contribution in [0.4, 0.5) is 0 Å². The van der Waals surface area contributed by atoms with Crippen LogP contribution < -0.4 is 5.32 Å². The van der Waals surface area contributed by atoms with Gasteiger partial charge in [0, 0.05) is 0 Å². The number of benzene rings is 1.